The molecule has 0 aromatic heterocycles. The van der Waals surface area contributed by atoms with Gasteiger partial charge in [-0.3, -0.25) is 0 Å². The standard InChI is InChI=1S/C11H17NO5S2/c1-3-18(13,14)6-7-19(15,16)11-5-4-9(12)8-10(11)17-2/h4-5,8H,3,6-7,12H2,1-2H3. The number of ether oxygens (including phenoxy) is 1. The van der Waals surface area contributed by atoms with Gasteiger partial charge in [0.15, 0.2) is 19.7 Å². The molecule has 0 radical (unpaired) electrons. The van der Waals surface area contributed by atoms with Crippen molar-refractivity contribution in [3.63, 3.8) is 0 Å². The van der Waals surface area contributed by atoms with E-state index in [1.165, 1.54) is 32.2 Å². The number of nitrogens with two attached hydrogens (primary N) is 1. The van der Waals surface area contributed by atoms with Crippen LogP contribution in [0.2, 0.25) is 0 Å². The van der Waals surface area contributed by atoms with Crippen LogP contribution in [0.5, 0.6) is 5.75 Å². The first-order valence-corrected chi connectivity index (χ1v) is 9.06. The molecule has 8 heteroatoms. The van der Waals surface area contributed by atoms with Crippen molar-refractivity contribution in [2.45, 2.75) is 11.8 Å². The van der Waals surface area contributed by atoms with Gasteiger partial charge in [0.2, 0.25) is 0 Å². The second kappa shape index (κ2) is 5.79. The fraction of sp³-hybridized carbons (Fsp3) is 0.455. The van der Waals surface area contributed by atoms with E-state index in [4.69, 9.17) is 10.5 Å². The second-order valence-corrected chi connectivity index (χ2v) is 8.52. The third-order valence-electron chi connectivity index (χ3n) is 2.63. The summed E-state index contributed by atoms with van der Waals surface area (Å²) in [5, 5.41) is 0. The van der Waals surface area contributed by atoms with Crippen LogP contribution in [0.3, 0.4) is 0 Å². The Balaban J connectivity index is 3.08. The van der Waals surface area contributed by atoms with Crippen LogP contribution >= 0.6 is 0 Å². The molecule has 0 heterocycles. The van der Waals surface area contributed by atoms with Crippen LogP contribution in [0.1, 0.15) is 6.92 Å². The highest BCUT2D eigenvalue weighted by Crippen LogP contribution is 2.27. The summed E-state index contributed by atoms with van der Waals surface area (Å²) in [5.41, 5.74) is 5.91. The zero-order valence-corrected chi connectivity index (χ0v) is 12.4. The first-order valence-electron chi connectivity index (χ1n) is 5.58. The molecular weight excluding hydrogens is 290 g/mol. The maximum atomic E-state index is 12.1. The number of methoxy groups -OCH3 is 1. The van der Waals surface area contributed by atoms with E-state index in [2.05, 4.69) is 0 Å². The van der Waals surface area contributed by atoms with E-state index in [0.29, 0.717) is 5.69 Å². The van der Waals surface area contributed by atoms with E-state index >= 15 is 0 Å². The molecule has 0 atom stereocenters. The average molecular weight is 307 g/mol. The Bertz CT molecular complexity index is 650. The molecule has 0 amide bonds. The summed E-state index contributed by atoms with van der Waals surface area (Å²) in [6, 6.07) is 4.15. The molecule has 19 heavy (non-hydrogen) atoms. The van der Waals surface area contributed by atoms with E-state index < -0.39 is 31.2 Å². The topological polar surface area (TPSA) is 104 Å². The molecule has 1 rings (SSSR count). The van der Waals surface area contributed by atoms with Crippen molar-refractivity contribution in [2.24, 2.45) is 0 Å². The van der Waals surface area contributed by atoms with Crippen LogP contribution in [0, 0.1) is 0 Å². The van der Waals surface area contributed by atoms with Crippen LogP contribution in [-0.2, 0) is 19.7 Å². The van der Waals surface area contributed by atoms with Crippen LogP contribution in [0.15, 0.2) is 23.1 Å². The molecule has 0 saturated carbocycles. The molecule has 0 unspecified atom stereocenters. The predicted molar refractivity (Wildman–Crippen MR) is 73.8 cm³/mol. The van der Waals surface area contributed by atoms with Gasteiger partial charge in [0.25, 0.3) is 0 Å². The number of sulfone groups is 2. The highest BCUT2D eigenvalue weighted by atomic mass is 32.2. The number of hydrogen-bond donors (Lipinski definition) is 1. The minimum Gasteiger partial charge on any atom is -0.495 e. The summed E-state index contributed by atoms with van der Waals surface area (Å²) in [4.78, 5) is -0.0458. The Morgan fingerprint density at radius 3 is 2.32 bits per heavy atom. The molecule has 0 saturated heterocycles. The normalized spacial score (nSPS) is 12.3. The van der Waals surface area contributed by atoms with Gasteiger partial charge in [-0.1, -0.05) is 6.92 Å². The molecule has 1 aromatic carbocycles. The molecule has 0 aliphatic heterocycles. The second-order valence-electron chi connectivity index (χ2n) is 3.97. The van der Waals surface area contributed by atoms with Crippen molar-refractivity contribution in [1.29, 1.82) is 0 Å². The minimum absolute atomic E-state index is 0.0458. The number of benzene rings is 1. The molecule has 0 fully saturated rings. The molecule has 0 bridgehead atoms. The molecule has 2 N–H and O–H groups in total. The van der Waals surface area contributed by atoms with E-state index in [-0.39, 0.29) is 16.4 Å². The molecular formula is C11H17NO5S2. The Morgan fingerprint density at radius 2 is 1.79 bits per heavy atom. The summed E-state index contributed by atoms with van der Waals surface area (Å²) in [6.45, 7) is 1.48. The molecule has 0 aliphatic rings. The third-order valence-corrected chi connectivity index (χ3v) is 6.34. The lowest BCUT2D eigenvalue weighted by Crippen LogP contribution is -2.19. The maximum absolute atomic E-state index is 12.1. The van der Waals surface area contributed by atoms with Gasteiger partial charge in [0.1, 0.15) is 10.6 Å². The SMILES string of the molecule is CCS(=O)(=O)CCS(=O)(=O)c1ccc(N)cc1OC. The van der Waals surface area contributed by atoms with Gasteiger partial charge in [-0.25, -0.2) is 16.8 Å². The molecule has 1 aromatic rings. The highest BCUT2D eigenvalue weighted by molar-refractivity contribution is 7.95. The minimum atomic E-state index is -3.72. The smallest absolute Gasteiger partial charge is 0.183 e. The quantitative estimate of drug-likeness (QED) is 0.767. The van der Waals surface area contributed by atoms with Crippen LogP contribution in [0.4, 0.5) is 5.69 Å². The summed E-state index contributed by atoms with van der Waals surface area (Å²) in [7, 11) is -5.73. The predicted octanol–water partition coefficient (Wildman–Crippen LogP) is 0.486. The van der Waals surface area contributed by atoms with Crippen molar-refractivity contribution < 1.29 is 21.6 Å². The summed E-state index contributed by atoms with van der Waals surface area (Å²) >= 11 is 0. The molecule has 6 nitrogen and oxygen atoms in total. The Morgan fingerprint density at radius 1 is 1.16 bits per heavy atom. The average Bonchev–Trinajstić information content (AvgIpc) is 2.36. The maximum Gasteiger partial charge on any atom is 0.183 e. The van der Waals surface area contributed by atoms with Crippen LogP contribution in [-0.4, -0.2) is 41.2 Å². The zero-order chi connectivity index (χ0) is 14.7. The van der Waals surface area contributed by atoms with Crippen molar-refractivity contribution in [3.8, 4) is 5.75 Å². The van der Waals surface area contributed by atoms with E-state index in [1.54, 1.807) is 0 Å². The van der Waals surface area contributed by atoms with E-state index in [9.17, 15) is 16.8 Å². The molecule has 0 spiro atoms. The van der Waals surface area contributed by atoms with Gasteiger partial charge in [-0.05, 0) is 12.1 Å². The highest BCUT2D eigenvalue weighted by Gasteiger charge is 2.22. The Labute approximate surface area is 113 Å². The van der Waals surface area contributed by atoms with Crippen molar-refractivity contribution in [2.75, 3.05) is 30.1 Å². The first-order chi connectivity index (χ1) is 8.72. The lowest BCUT2D eigenvalue weighted by atomic mass is 10.3. The number of anilines is 1. The Kier molecular flexibility index (Phi) is 4.81. The molecule has 108 valence electrons. The largest absolute Gasteiger partial charge is 0.495 e. The lowest BCUT2D eigenvalue weighted by Gasteiger charge is -2.10. The summed E-state index contributed by atoms with van der Waals surface area (Å²) in [5.74, 6) is -0.835. The van der Waals surface area contributed by atoms with Gasteiger partial charge >= 0.3 is 0 Å². The van der Waals surface area contributed by atoms with Crippen LogP contribution in [0.25, 0.3) is 0 Å². The van der Waals surface area contributed by atoms with Gasteiger partial charge < -0.3 is 10.5 Å². The number of rotatable bonds is 6. The van der Waals surface area contributed by atoms with E-state index in [1.807, 2.05) is 0 Å². The van der Waals surface area contributed by atoms with Crippen molar-refractivity contribution in [3.05, 3.63) is 18.2 Å². The van der Waals surface area contributed by atoms with Gasteiger partial charge in [-0.15, -0.1) is 0 Å². The summed E-state index contributed by atoms with van der Waals surface area (Å²) in [6.07, 6.45) is 0. The van der Waals surface area contributed by atoms with Crippen molar-refractivity contribution in [1.82, 2.24) is 0 Å². The van der Waals surface area contributed by atoms with Crippen LogP contribution < -0.4 is 10.5 Å². The fourth-order valence-electron chi connectivity index (χ4n) is 1.43. The monoisotopic (exact) mass is 307 g/mol. The van der Waals surface area contributed by atoms with Gasteiger partial charge in [0, 0.05) is 17.5 Å². The summed E-state index contributed by atoms with van der Waals surface area (Å²) < 4.78 is 51.9. The first kappa shape index (κ1) is 15.8. The number of hydrogen-bond acceptors (Lipinski definition) is 6. The van der Waals surface area contributed by atoms with E-state index in [0.717, 1.165) is 0 Å². The van der Waals surface area contributed by atoms with Crippen molar-refractivity contribution >= 4 is 25.4 Å². The number of nitrogen functional groups attached to an aromatic ring is 1. The lowest BCUT2D eigenvalue weighted by molar-refractivity contribution is 0.403. The zero-order valence-electron chi connectivity index (χ0n) is 10.8. The third kappa shape index (κ3) is 4.10. The van der Waals surface area contributed by atoms with Gasteiger partial charge in [0.05, 0.1) is 18.6 Å². The fourth-order valence-corrected chi connectivity index (χ4v) is 4.56. The van der Waals surface area contributed by atoms with Gasteiger partial charge in [-0.2, -0.15) is 0 Å². The molecule has 0 aliphatic carbocycles. The Hall–Kier alpha value is -1.28.